The third kappa shape index (κ3) is 3.89. The summed E-state index contributed by atoms with van der Waals surface area (Å²) in [4.78, 5) is 39.5. The van der Waals surface area contributed by atoms with E-state index in [0.29, 0.717) is 43.0 Å². The summed E-state index contributed by atoms with van der Waals surface area (Å²) in [6.45, 7) is 2.55. The van der Waals surface area contributed by atoms with Crippen LogP contribution < -0.4 is 10.2 Å². The van der Waals surface area contributed by atoms with Crippen LogP contribution >= 0.6 is 22.7 Å². The number of fused-ring (bicyclic) bond motifs is 1. The minimum Gasteiger partial charge on any atom is -0.352 e. The van der Waals surface area contributed by atoms with Crippen molar-refractivity contribution < 1.29 is 9.59 Å². The molecule has 0 spiro atoms. The lowest BCUT2D eigenvalue weighted by Crippen LogP contribution is -2.49. The molecule has 1 aromatic carbocycles. The summed E-state index contributed by atoms with van der Waals surface area (Å²) in [5.41, 5.74) is 1.62. The van der Waals surface area contributed by atoms with Gasteiger partial charge < -0.3 is 15.1 Å². The van der Waals surface area contributed by atoms with Crippen LogP contribution in [0, 0.1) is 0 Å². The summed E-state index contributed by atoms with van der Waals surface area (Å²) in [5.74, 6) is 0.626. The summed E-state index contributed by atoms with van der Waals surface area (Å²) in [6, 6.07) is 11.0. The first-order valence-corrected chi connectivity index (χ1v) is 11.7. The summed E-state index contributed by atoms with van der Waals surface area (Å²) >= 11 is 3.06. The van der Waals surface area contributed by atoms with Crippen LogP contribution in [0.25, 0.3) is 10.2 Å². The fourth-order valence-electron chi connectivity index (χ4n) is 3.69. The molecule has 31 heavy (non-hydrogen) atoms. The molecule has 1 N–H and O–H groups in total. The van der Waals surface area contributed by atoms with E-state index in [0.717, 1.165) is 16.0 Å². The first kappa shape index (κ1) is 19.7. The van der Waals surface area contributed by atoms with Crippen molar-refractivity contribution in [2.75, 3.05) is 36.4 Å². The smallest absolute Gasteiger partial charge is 0.256 e. The lowest BCUT2D eigenvalue weighted by Gasteiger charge is -2.35. The molecule has 2 amide bonds. The number of thiophene rings is 2. The number of carbonyl (C=O) groups is 2. The predicted octanol–water partition coefficient (Wildman–Crippen LogP) is 3.97. The molecular formula is C22H19N5O2S2. The highest BCUT2D eigenvalue weighted by molar-refractivity contribution is 7.16. The average Bonchev–Trinajstić information content (AvgIpc) is 3.51. The zero-order valence-corrected chi connectivity index (χ0v) is 18.2. The number of amides is 2. The Hall–Kier alpha value is -3.30. The number of carbonyl (C=O) groups excluding carboxylic acids is 2. The number of benzene rings is 1. The fraction of sp³-hybridized carbons (Fsp3) is 0.182. The second kappa shape index (κ2) is 8.44. The molecule has 0 aliphatic carbocycles. The fourth-order valence-corrected chi connectivity index (χ4v) is 5.05. The van der Waals surface area contributed by atoms with Crippen LogP contribution in [0.1, 0.15) is 20.7 Å². The quantitative estimate of drug-likeness (QED) is 0.510. The molecule has 4 aromatic rings. The lowest BCUT2D eigenvalue weighted by atomic mass is 10.1. The van der Waals surface area contributed by atoms with Crippen molar-refractivity contribution in [3.05, 3.63) is 70.0 Å². The predicted molar refractivity (Wildman–Crippen MR) is 124 cm³/mol. The molecule has 5 rings (SSSR count). The zero-order valence-electron chi connectivity index (χ0n) is 16.5. The highest BCUT2D eigenvalue weighted by atomic mass is 32.1. The topological polar surface area (TPSA) is 78.4 Å². The van der Waals surface area contributed by atoms with E-state index < -0.39 is 0 Å². The number of anilines is 2. The third-order valence-corrected chi connectivity index (χ3v) is 6.80. The number of para-hydroxylation sites is 1. The monoisotopic (exact) mass is 449 g/mol. The van der Waals surface area contributed by atoms with Crippen molar-refractivity contribution in [2.24, 2.45) is 0 Å². The Labute approximate surface area is 187 Å². The normalized spacial score (nSPS) is 14.1. The van der Waals surface area contributed by atoms with Gasteiger partial charge in [-0.15, -0.1) is 11.3 Å². The standard InChI is InChI=1S/C22H19N5O2S2/c28-20(15-5-11-30-13-15)25-18-4-2-1-3-16(18)22(29)27-9-7-26(8-10-27)19-17-6-12-31-21(17)24-14-23-19/h1-6,11-14H,7-10H2,(H,25,28). The van der Waals surface area contributed by atoms with Gasteiger partial charge >= 0.3 is 0 Å². The number of aromatic nitrogens is 2. The first-order chi connectivity index (χ1) is 15.2. The highest BCUT2D eigenvalue weighted by Crippen LogP contribution is 2.28. The SMILES string of the molecule is O=C(Nc1ccccc1C(=O)N1CCN(c2ncnc3sccc23)CC1)c1ccsc1. The van der Waals surface area contributed by atoms with Gasteiger partial charge in [0.25, 0.3) is 11.8 Å². The molecule has 0 radical (unpaired) electrons. The van der Waals surface area contributed by atoms with Gasteiger partial charge in [0, 0.05) is 31.6 Å². The molecule has 1 saturated heterocycles. The van der Waals surface area contributed by atoms with Crippen molar-refractivity contribution in [3.63, 3.8) is 0 Å². The largest absolute Gasteiger partial charge is 0.352 e. The zero-order chi connectivity index (χ0) is 21.2. The summed E-state index contributed by atoms with van der Waals surface area (Å²) in [6.07, 6.45) is 1.60. The van der Waals surface area contributed by atoms with E-state index >= 15 is 0 Å². The van der Waals surface area contributed by atoms with E-state index in [2.05, 4.69) is 20.2 Å². The molecule has 156 valence electrons. The molecule has 1 aliphatic rings. The molecule has 4 heterocycles. The Morgan fingerprint density at radius 2 is 1.81 bits per heavy atom. The minimum absolute atomic E-state index is 0.0794. The molecule has 1 fully saturated rings. The Bertz CT molecular complexity index is 1230. The maximum atomic E-state index is 13.2. The van der Waals surface area contributed by atoms with Gasteiger partial charge in [0.2, 0.25) is 0 Å². The maximum absolute atomic E-state index is 13.2. The van der Waals surface area contributed by atoms with Gasteiger partial charge in [0.05, 0.1) is 22.2 Å². The van der Waals surface area contributed by atoms with Crippen molar-refractivity contribution in [3.8, 4) is 0 Å². The van der Waals surface area contributed by atoms with E-state index in [4.69, 9.17) is 0 Å². The molecular weight excluding hydrogens is 430 g/mol. The van der Waals surface area contributed by atoms with Crippen molar-refractivity contribution in [1.29, 1.82) is 0 Å². The van der Waals surface area contributed by atoms with Crippen molar-refractivity contribution in [2.45, 2.75) is 0 Å². The van der Waals surface area contributed by atoms with Crippen LogP contribution in [0.15, 0.2) is 58.9 Å². The Kier molecular flexibility index (Phi) is 5.35. The number of rotatable bonds is 4. The Balaban J connectivity index is 1.30. The van der Waals surface area contributed by atoms with Crippen molar-refractivity contribution in [1.82, 2.24) is 14.9 Å². The molecule has 0 saturated carbocycles. The van der Waals surface area contributed by atoms with Gasteiger partial charge in [-0.1, -0.05) is 12.1 Å². The molecule has 1 aliphatic heterocycles. The van der Waals surface area contributed by atoms with Crippen LogP contribution in [-0.2, 0) is 0 Å². The maximum Gasteiger partial charge on any atom is 0.256 e. The number of piperazine rings is 1. The van der Waals surface area contributed by atoms with E-state index in [9.17, 15) is 9.59 Å². The molecule has 0 atom stereocenters. The van der Waals surface area contributed by atoms with Gasteiger partial charge in [-0.3, -0.25) is 9.59 Å². The Morgan fingerprint density at radius 1 is 0.968 bits per heavy atom. The van der Waals surface area contributed by atoms with Gasteiger partial charge in [-0.2, -0.15) is 11.3 Å². The lowest BCUT2D eigenvalue weighted by molar-refractivity contribution is 0.0747. The van der Waals surface area contributed by atoms with Crippen LogP contribution in [0.2, 0.25) is 0 Å². The number of hydrogen-bond donors (Lipinski definition) is 1. The molecule has 7 nitrogen and oxygen atoms in total. The van der Waals surface area contributed by atoms with Crippen LogP contribution in [-0.4, -0.2) is 52.9 Å². The summed E-state index contributed by atoms with van der Waals surface area (Å²) < 4.78 is 0. The summed E-state index contributed by atoms with van der Waals surface area (Å²) in [7, 11) is 0. The number of nitrogens with zero attached hydrogens (tertiary/aromatic N) is 4. The van der Waals surface area contributed by atoms with Crippen molar-refractivity contribution >= 4 is 56.2 Å². The molecule has 0 bridgehead atoms. The molecule has 9 heteroatoms. The van der Waals surface area contributed by atoms with Crippen LogP contribution in [0.4, 0.5) is 11.5 Å². The van der Waals surface area contributed by atoms with Crippen LogP contribution in [0.5, 0.6) is 0 Å². The first-order valence-electron chi connectivity index (χ1n) is 9.86. The van der Waals surface area contributed by atoms with E-state index in [1.807, 2.05) is 33.9 Å². The van der Waals surface area contributed by atoms with Gasteiger partial charge in [0.15, 0.2) is 0 Å². The number of nitrogens with one attached hydrogen (secondary N) is 1. The molecule has 3 aromatic heterocycles. The summed E-state index contributed by atoms with van der Waals surface area (Å²) in [5, 5.41) is 9.59. The van der Waals surface area contributed by atoms with Crippen LogP contribution in [0.3, 0.4) is 0 Å². The third-order valence-electron chi connectivity index (χ3n) is 5.30. The van der Waals surface area contributed by atoms with E-state index in [-0.39, 0.29) is 11.8 Å². The number of hydrogen-bond acceptors (Lipinski definition) is 7. The van der Waals surface area contributed by atoms with E-state index in [1.54, 1.807) is 41.2 Å². The molecule has 0 unspecified atom stereocenters. The Morgan fingerprint density at radius 3 is 2.61 bits per heavy atom. The van der Waals surface area contributed by atoms with Gasteiger partial charge in [-0.05, 0) is 35.0 Å². The average molecular weight is 450 g/mol. The minimum atomic E-state index is -0.213. The van der Waals surface area contributed by atoms with Gasteiger partial charge in [-0.25, -0.2) is 9.97 Å². The van der Waals surface area contributed by atoms with E-state index in [1.165, 1.54) is 11.3 Å². The second-order valence-electron chi connectivity index (χ2n) is 7.13. The highest BCUT2D eigenvalue weighted by Gasteiger charge is 2.26. The second-order valence-corrected chi connectivity index (χ2v) is 8.80. The van der Waals surface area contributed by atoms with Gasteiger partial charge in [0.1, 0.15) is 17.0 Å².